The van der Waals surface area contributed by atoms with Gasteiger partial charge in [0.2, 0.25) is 0 Å². The lowest BCUT2D eigenvalue weighted by molar-refractivity contribution is 0.102. The van der Waals surface area contributed by atoms with Gasteiger partial charge < -0.3 is 10.1 Å². The van der Waals surface area contributed by atoms with E-state index in [-0.39, 0.29) is 12.5 Å². The fourth-order valence-electron chi connectivity index (χ4n) is 3.65. The number of hydrogen-bond acceptors (Lipinski definition) is 3. The maximum absolute atomic E-state index is 13.4. The van der Waals surface area contributed by atoms with Crippen LogP contribution in [0.25, 0.3) is 0 Å². The third kappa shape index (κ3) is 5.95. The summed E-state index contributed by atoms with van der Waals surface area (Å²) in [6.07, 6.45) is 0. The molecule has 0 aliphatic heterocycles. The second kappa shape index (κ2) is 11.1. The average molecular weight is 567 g/mol. The highest BCUT2D eigenvalue weighted by molar-refractivity contribution is 6.40. The van der Waals surface area contributed by atoms with Crippen molar-refractivity contribution in [1.29, 1.82) is 0 Å². The van der Waals surface area contributed by atoms with Crippen LogP contribution in [0.15, 0.2) is 54.6 Å². The number of aromatic nitrogens is 2. The lowest BCUT2D eigenvalue weighted by atomic mass is 10.1. The van der Waals surface area contributed by atoms with Crippen molar-refractivity contribution >= 4 is 58.0 Å². The maximum Gasteiger partial charge on any atom is 0.255 e. The first-order valence-corrected chi connectivity index (χ1v) is 12.3. The number of nitrogens with zero attached hydrogens (tertiary/aromatic N) is 2. The van der Waals surface area contributed by atoms with Crippen molar-refractivity contribution in [3.8, 4) is 5.75 Å². The normalized spacial score (nSPS) is 11.0. The van der Waals surface area contributed by atoms with Crippen molar-refractivity contribution < 1.29 is 13.9 Å². The standard InChI is InChI=1S/C26H20Cl4FN3O2/c1-14-24(15(2)34(33-14)12-18-6-7-20(31)11-21(18)28)32-26(35)17-5-3-4-16(8-17)13-36-25-22(29)9-19(27)10-23(25)30/h3-11H,12-13H2,1-2H3,(H,32,35). The summed E-state index contributed by atoms with van der Waals surface area (Å²) in [6, 6.07) is 14.3. The minimum absolute atomic E-state index is 0.149. The molecule has 3 aromatic carbocycles. The molecule has 0 aliphatic carbocycles. The quantitative estimate of drug-likeness (QED) is 0.245. The number of amides is 1. The van der Waals surface area contributed by atoms with Gasteiger partial charge in [-0.25, -0.2) is 4.39 Å². The summed E-state index contributed by atoms with van der Waals surface area (Å²) in [5.41, 5.74) is 3.89. The van der Waals surface area contributed by atoms with E-state index in [9.17, 15) is 9.18 Å². The molecule has 1 heterocycles. The molecule has 186 valence electrons. The van der Waals surface area contributed by atoms with Gasteiger partial charge in [-0.15, -0.1) is 0 Å². The van der Waals surface area contributed by atoms with Crippen LogP contribution in [0.3, 0.4) is 0 Å². The molecule has 1 aromatic heterocycles. The predicted octanol–water partition coefficient (Wildman–Crippen LogP) is 8.13. The fraction of sp³-hybridized carbons (Fsp3) is 0.154. The first-order valence-electron chi connectivity index (χ1n) is 10.8. The van der Waals surface area contributed by atoms with Crippen LogP contribution < -0.4 is 10.1 Å². The van der Waals surface area contributed by atoms with E-state index < -0.39 is 5.82 Å². The molecule has 0 saturated heterocycles. The van der Waals surface area contributed by atoms with Crippen molar-refractivity contribution in [3.05, 3.63) is 109 Å². The molecule has 1 N–H and O–H groups in total. The summed E-state index contributed by atoms with van der Waals surface area (Å²) in [6.45, 7) is 4.13. The largest absolute Gasteiger partial charge is 0.486 e. The third-order valence-electron chi connectivity index (χ3n) is 5.49. The number of halogens is 5. The zero-order chi connectivity index (χ0) is 26.0. The smallest absolute Gasteiger partial charge is 0.255 e. The molecule has 4 rings (SSSR count). The van der Waals surface area contributed by atoms with Crippen molar-refractivity contribution in [2.45, 2.75) is 27.0 Å². The number of rotatable bonds is 7. The second-order valence-corrected chi connectivity index (χ2v) is 9.74. The monoisotopic (exact) mass is 565 g/mol. The predicted molar refractivity (Wildman–Crippen MR) is 142 cm³/mol. The molecular weight excluding hydrogens is 547 g/mol. The summed E-state index contributed by atoms with van der Waals surface area (Å²) in [5.74, 6) is -0.389. The molecule has 0 unspecified atom stereocenters. The highest BCUT2D eigenvalue weighted by Crippen LogP contribution is 2.36. The van der Waals surface area contributed by atoms with Crippen molar-refractivity contribution in [2.24, 2.45) is 0 Å². The molecular formula is C26H20Cl4FN3O2. The third-order valence-corrected chi connectivity index (χ3v) is 6.62. The van der Waals surface area contributed by atoms with Gasteiger partial charge in [0.1, 0.15) is 12.4 Å². The topological polar surface area (TPSA) is 56.2 Å². The van der Waals surface area contributed by atoms with Gasteiger partial charge in [0.15, 0.2) is 5.75 Å². The summed E-state index contributed by atoms with van der Waals surface area (Å²) >= 11 is 24.5. The highest BCUT2D eigenvalue weighted by Gasteiger charge is 2.17. The Hall–Kier alpha value is -2.77. The Bertz CT molecular complexity index is 1430. The van der Waals surface area contributed by atoms with E-state index in [1.54, 1.807) is 48.0 Å². The number of carbonyl (C=O) groups is 1. The Morgan fingerprint density at radius 2 is 1.72 bits per heavy atom. The van der Waals surface area contributed by atoms with Crippen molar-refractivity contribution in [1.82, 2.24) is 9.78 Å². The number of benzene rings is 3. The molecule has 0 bridgehead atoms. The van der Waals surface area contributed by atoms with Gasteiger partial charge >= 0.3 is 0 Å². The fourth-order valence-corrected chi connectivity index (χ4v) is 4.81. The lowest BCUT2D eigenvalue weighted by Crippen LogP contribution is -2.14. The van der Waals surface area contributed by atoms with Crippen LogP contribution in [0.5, 0.6) is 5.75 Å². The zero-order valence-corrected chi connectivity index (χ0v) is 22.2. The minimum Gasteiger partial charge on any atom is -0.486 e. The van der Waals surface area contributed by atoms with Gasteiger partial charge in [-0.05, 0) is 61.4 Å². The number of carbonyl (C=O) groups excluding carboxylic acids is 1. The van der Waals surface area contributed by atoms with E-state index in [1.165, 1.54) is 12.1 Å². The Kier molecular flexibility index (Phi) is 8.10. The number of anilines is 1. The van der Waals surface area contributed by atoms with Gasteiger partial charge in [0.05, 0.1) is 33.7 Å². The molecule has 0 atom stereocenters. The second-order valence-electron chi connectivity index (χ2n) is 8.08. The summed E-state index contributed by atoms with van der Waals surface area (Å²) in [5, 5.41) is 8.77. The van der Waals surface area contributed by atoms with E-state index in [2.05, 4.69) is 10.4 Å². The van der Waals surface area contributed by atoms with Gasteiger partial charge in [-0.1, -0.05) is 64.6 Å². The van der Waals surface area contributed by atoms with Gasteiger partial charge in [0.25, 0.3) is 5.91 Å². The lowest BCUT2D eigenvalue weighted by Gasteiger charge is -2.12. The van der Waals surface area contributed by atoms with Gasteiger partial charge in [-0.2, -0.15) is 5.10 Å². The van der Waals surface area contributed by atoms with E-state index in [4.69, 9.17) is 51.1 Å². The molecule has 0 spiro atoms. The molecule has 5 nitrogen and oxygen atoms in total. The Morgan fingerprint density at radius 1 is 1.00 bits per heavy atom. The van der Waals surface area contributed by atoms with Crippen LogP contribution in [0, 0.1) is 19.7 Å². The average Bonchev–Trinajstić information content (AvgIpc) is 3.07. The van der Waals surface area contributed by atoms with E-state index >= 15 is 0 Å². The molecule has 1 amide bonds. The van der Waals surface area contributed by atoms with E-state index in [1.807, 2.05) is 13.0 Å². The minimum atomic E-state index is -0.405. The SMILES string of the molecule is Cc1nn(Cc2ccc(F)cc2Cl)c(C)c1NC(=O)c1cccc(COc2c(Cl)cc(Cl)cc2Cl)c1. The molecule has 0 aliphatic rings. The van der Waals surface area contributed by atoms with Gasteiger partial charge in [0, 0.05) is 15.6 Å². The number of nitrogens with one attached hydrogen (secondary N) is 1. The van der Waals surface area contributed by atoms with Crippen molar-refractivity contribution in [2.75, 3.05) is 5.32 Å². The molecule has 0 saturated carbocycles. The molecule has 36 heavy (non-hydrogen) atoms. The zero-order valence-electron chi connectivity index (χ0n) is 19.2. The van der Waals surface area contributed by atoms with Crippen LogP contribution in [0.4, 0.5) is 10.1 Å². The van der Waals surface area contributed by atoms with Crippen LogP contribution in [-0.4, -0.2) is 15.7 Å². The van der Waals surface area contributed by atoms with Crippen molar-refractivity contribution in [3.63, 3.8) is 0 Å². The van der Waals surface area contributed by atoms with E-state index in [0.29, 0.717) is 49.3 Å². The summed E-state index contributed by atoms with van der Waals surface area (Å²) in [7, 11) is 0. The highest BCUT2D eigenvalue weighted by atomic mass is 35.5. The van der Waals surface area contributed by atoms with Crippen LogP contribution >= 0.6 is 46.4 Å². The molecule has 4 aromatic rings. The molecule has 0 fully saturated rings. The van der Waals surface area contributed by atoms with Gasteiger partial charge in [-0.3, -0.25) is 9.48 Å². The van der Waals surface area contributed by atoms with Crippen LogP contribution in [0.1, 0.15) is 32.9 Å². The van der Waals surface area contributed by atoms with Crippen LogP contribution in [-0.2, 0) is 13.2 Å². The summed E-state index contributed by atoms with van der Waals surface area (Å²) < 4.78 is 20.9. The Morgan fingerprint density at radius 3 is 2.42 bits per heavy atom. The summed E-state index contributed by atoms with van der Waals surface area (Å²) in [4.78, 5) is 13.0. The molecule has 0 radical (unpaired) electrons. The van der Waals surface area contributed by atoms with Crippen LogP contribution in [0.2, 0.25) is 20.1 Å². The number of aryl methyl sites for hydroxylation is 1. The first kappa shape index (κ1) is 26.3. The molecule has 10 heteroatoms. The number of hydrogen-bond donors (Lipinski definition) is 1. The first-order chi connectivity index (χ1) is 17.1. The Labute approximate surface area is 227 Å². The number of ether oxygens (including phenoxy) is 1. The Balaban J connectivity index is 1.48. The maximum atomic E-state index is 13.4. The van der Waals surface area contributed by atoms with E-state index in [0.717, 1.165) is 16.8 Å².